The Balaban J connectivity index is 1.67. The molecule has 0 spiro atoms. The molecule has 17 atom stereocenters. The van der Waals surface area contributed by atoms with E-state index >= 15 is 0 Å². The first-order valence-electron chi connectivity index (χ1n) is 37.7. The van der Waals surface area contributed by atoms with Crippen molar-refractivity contribution >= 4 is 101 Å². The zero-order chi connectivity index (χ0) is 88.0. The van der Waals surface area contributed by atoms with Crippen molar-refractivity contribution in [2.24, 2.45) is 0 Å². The minimum absolute atomic E-state index is 0.0400. The van der Waals surface area contributed by atoms with E-state index in [9.17, 15) is 86.6 Å². The van der Waals surface area contributed by atoms with E-state index < -0.39 is 244 Å². The summed E-state index contributed by atoms with van der Waals surface area (Å²) >= 11 is 0. The van der Waals surface area contributed by atoms with Crippen molar-refractivity contribution in [1.82, 2.24) is 37.2 Å². The SMILES string of the molecule is CC(=O)N[C@H]1[C@H](OCCOCCOCC(=O)NCCCC[C@H](NC(=O)COCCOCCO[C@@H]2O[C@H](COC(C)=O)[C@H](OC(C)=O)[C@H](OC(C)=O)[C@H]2NC(C)=O)C(=O)N[C@](C)(CCCC(=O)O)NC(=O)COCCOCCO[C@@H]2O[C@H](COC(C)=O)[C@H](OC(C)=O)[C@H](OC(C)=O)[C@H]2NC(C)=O)O[C@H](COC(C)=O)[C@H](OC(C)=O)[C@@H]1OC(C)=O. The number of amides is 7. The van der Waals surface area contributed by atoms with Gasteiger partial charge in [-0.3, -0.25) is 81.5 Å². The number of esters is 9. The highest BCUT2D eigenvalue weighted by Crippen LogP contribution is 2.32. The van der Waals surface area contributed by atoms with Crippen molar-refractivity contribution in [3.8, 4) is 0 Å². The average Bonchev–Trinajstić information content (AvgIpc) is 0.797. The van der Waals surface area contributed by atoms with Gasteiger partial charge in [-0.2, -0.15) is 0 Å². The van der Waals surface area contributed by atoms with Crippen molar-refractivity contribution in [3.63, 3.8) is 0 Å². The molecule has 0 aliphatic carbocycles. The van der Waals surface area contributed by atoms with E-state index in [4.69, 9.17) is 99.5 Å². The highest BCUT2D eigenvalue weighted by molar-refractivity contribution is 5.89. The van der Waals surface area contributed by atoms with Crippen LogP contribution >= 0.6 is 0 Å². The lowest BCUT2D eigenvalue weighted by Gasteiger charge is -2.44. The summed E-state index contributed by atoms with van der Waals surface area (Å²) in [7, 11) is 0. The van der Waals surface area contributed by atoms with E-state index in [1.807, 2.05) is 0 Å². The molecular formula is C72H113N7O39. The summed E-state index contributed by atoms with van der Waals surface area (Å²) in [5.41, 5.74) is -1.68. The highest BCUT2D eigenvalue weighted by Gasteiger charge is 2.54. The van der Waals surface area contributed by atoms with Crippen molar-refractivity contribution in [3.05, 3.63) is 0 Å². The summed E-state index contributed by atoms with van der Waals surface area (Å²) in [6, 6.07) is -5.05. The number of carbonyl (C=O) groups is 17. The van der Waals surface area contributed by atoms with Gasteiger partial charge in [0.2, 0.25) is 41.4 Å². The highest BCUT2D eigenvalue weighted by atomic mass is 16.7. The predicted octanol–water partition coefficient (Wildman–Crippen LogP) is -3.92. The van der Waals surface area contributed by atoms with Crippen molar-refractivity contribution in [2.75, 3.05) is 125 Å². The Bertz CT molecular complexity index is 3300. The van der Waals surface area contributed by atoms with Crippen LogP contribution in [0.15, 0.2) is 0 Å². The Kier molecular flexibility index (Phi) is 48.1. The molecule has 0 radical (unpaired) electrons. The first-order valence-corrected chi connectivity index (χ1v) is 37.7. The zero-order valence-electron chi connectivity index (χ0n) is 68.4. The molecule has 0 unspecified atom stereocenters. The van der Waals surface area contributed by atoms with Gasteiger partial charge in [-0.15, -0.1) is 0 Å². The minimum Gasteiger partial charge on any atom is -0.481 e. The molecule has 46 heteroatoms. The van der Waals surface area contributed by atoms with Crippen molar-refractivity contribution in [2.45, 2.75) is 232 Å². The second-order valence-electron chi connectivity index (χ2n) is 26.8. The normalized spacial score (nSPS) is 23.4. The van der Waals surface area contributed by atoms with E-state index in [0.717, 1.165) is 62.3 Å². The summed E-state index contributed by atoms with van der Waals surface area (Å²) in [6.07, 6.45) is -16.2. The smallest absolute Gasteiger partial charge is 0.303 e. The van der Waals surface area contributed by atoms with Crippen molar-refractivity contribution in [1.29, 1.82) is 0 Å². The molecule has 0 aromatic heterocycles. The maximum atomic E-state index is 14.4. The van der Waals surface area contributed by atoms with Crippen LogP contribution in [0.1, 0.15) is 129 Å². The largest absolute Gasteiger partial charge is 0.481 e. The third-order valence-electron chi connectivity index (χ3n) is 16.3. The molecule has 0 saturated carbocycles. The lowest BCUT2D eigenvalue weighted by molar-refractivity contribution is -0.279. The number of rotatable bonds is 55. The molecule has 3 fully saturated rings. The second-order valence-corrected chi connectivity index (χ2v) is 26.8. The van der Waals surface area contributed by atoms with Crippen molar-refractivity contribution < 1.29 is 186 Å². The van der Waals surface area contributed by atoms with Gasteiger partial charge < -0.3 is 142 Å². The minimum atomic E-state index is -1.68. The molecule has 3 aliphatic heterocycles. The van der Waals surface area contributed by atoms with Crippen LogP contribution in [0.4, 0.5) is 0 Å². The molecule has 670 valence electrons. The molecule has 3 aliphatic rings. The number of nitrogens with one attached hydrogen (secondary N) is 7. The number of carboxylic acids is 1. The first-order chi connectivity index (χ1) is 55.8. The maximum absolute atomic E-state index is 14.4. The molecule has 7 amide bonds. The fourth-order valence-electron chi connectivity index (χ4n) is 11.8. The van der Waals surface area contributed by atoms with Gasteiger partial charge in [-0.25, -0.2) is 0 Å². The summed E-state index contributed by atoms with van der Waals surface area (Å²) in [5, 5.41) is 27.9. The molecule has 3 saturated heterocycles. The maximum Gasteiger partial charge on any atom is 0.303 e. The van der Waals surface area contributed by atoms with Gasteiger partial charge in [0.1, 0.15) is 87.8 Å². The Morgan fingerprint density at radius 3 is 1.00 bits per heavy atom. The van der Waals surface area contributed by atoms with Gasteiger partial charge in [0.25, 0.3) is 0 Å². The van der Waals surface area contributed by atoms with Crippen LogP contribution in [0.5, 0.6) is 0 Å². The Hall–Kier alpha value is -9.49. The number of hydrogen-bond donors (Lipinski definition) is 8. The number of unbranched alkanes of at least 4 members (excludes halogenated alkanes) is 1. The number of ether oxygens (including phenoxy) is 21. The Labute approximate surface area is 679 Å². The van der Waals surface area contributed by atoms with Crippen LogP contribution in [-0.2, 0) is 181 Å². The van der Waals surface area contributed by atoms with Gasteiger partial charge in [-0.05, 0) is 39.0 Å². The summed E-state index contributed by atoms with van der Waals surface area (Å²) in [4.78, 5) is 211. The first kappa shape index (κ1) is 103. The van der Waals surface area contributed by atoms with Crippen LogP contribution in [0.2, 0.25) is 0 Å². The van der Waals surface area contributed by atoms with Gasteiger partial charge in [-0.1, -0.05) is 0 Å². The lowest BCUT2D eigenvalue weighted by atomic mass is 9.96. The molecule has 0 aromatic rings. The molecule has 8 N–H and O–H groups in total. The Morgan fingerprint density at radius 2 is 0.678 bits per heavy atom. The van der Waals surface area contributed by atoms with Gasteiger partial charge in [0, 0.05) is 96.1 Å². The fourth-order valence-corrected chi connectivity index (χ4v) is 11.8. The van der Waals surface area contributed by atoms with Crippen LogP contribution < -0.4 is 37.2 Å². The molecular weight excluding hydrogens is 1590 g/mol. The zero-order valence-corrected chi connectivity index (χ0v) is 68.4. The third kappa shape index (κ3) is 42.3. The quantitative estimate of drug-likeness (QED) is 0.0125. The number of aliphatic carboxylic acids is 1. The van der Waals surface area contributed by atoms with E-state index in [0.29, 0.717) is 0 Å². The van der Waals surface area contributed by atoms with E-state index in [1.165, 1.54) is 27.7 Å². The van der Waals surface area contributed by atoms with Crippen LogP contribution in [0.3, 0.4) is 0 Å². The summed E-state index contributed by atoms with van der Waals surface area (Å²) < 4.78 is 117. The van der Waals surface area contributed by atoms with Crippen LogP contribution in [-0.4, -0.2) is 335 Å². The van der Waals surface area contributed by atoms with Crippen LogP contribution in [0, 0.1) is 0 Å². The summed E-state index contributed by atoms with van der Waals surface area (Å²) in [6.45, 7) is 10.1. The number of carboxylic acid groups (broad SMARTS) is 1. The van der Waals surface area contributed by atoms with Gasteiger partial charge in [0.05, 0.1) is 79.3 Å². The van der Waals surface area contributed by atoms with E-state index in [2.05, 4.69) is 37.2 Å². The molecule has 3 rings (SSSR count). The summed E-state index contributed by atoms with van der Waals surface area (Å²) in [5.74, 6) is -12.8. The monoisotopic (exact) mass is 1700 g/mol. The molecule has 0 bridgehead atoms. The number of carbonyl (C=O) groups excluding carboxylic acids is 16. The lowest BCUT2D eigenvalue weighted by Crippen LogP contribution is -2.66. The molecule has 118 heavy (non-hydrogen) atoms. The average molecular weight is 1700 g/mol. The molecule has 0 aromatic carbocycles. The second kappa shape index (κ2) is 55.3. The topological polar surface area (TPSA) is 588 Å². The molecule has 3 heterocycles. The predicted molar refractivity (Wildman–Crippen MR) is 390 cm³/mol. The Morgan fingerprint density at radius 1 is 0.364 bits per heavy atom. The third-order valence-corrected chi connectivity index (χ3v) is 16.3. The standard InChI is InChI=1S/C72H113N7O39/c1-39(80)74-59-65(113-48(10)89)62(110-45(7)86)52(33-107-42(4)83)116-69(59)104-30-27-98-21-24-101-36-55(92)73-20-15-14-17-51(77-56(93)37-102-25-22-99-28-31-105-70-60(75-40(2)81)66(114-49(11)90)63(111-46(8)87)53(117-70)34-108-43(5)84)68(97)79-72(13,19-16-18-58(95)96)78-57(94)38-103-26-23-100-29-32-106-71-61(76-41(3)82)67(115-50(12)91)64(112-47(9)88)54(118-71)35-109-44(6)85/h51-54,59-67,69-71H,14-38H2,1-13H3,(H,73,92)(H,74,80)(H,75,81)(H,76,82)(H,77,93)(H,78,94)(H,79,97)(H,95,96)/t51-,52+,53+,54+,59+,60+,61+,62-,63-,64-,65+,66+,67+,69+,70+,71+,72+/m0/s1. The van der Waals surface area contributed by atoms with E-state index in [-0.39, 0.29) is 124 Å². The fraction of sp³-hybridized carbons (Fsp3) is 0.764. The van der Waals surface area contributed by atoms with Crippen LogP contribution in [0.25, 0.3) is 0 Å². The molecule has 46 nitrogen and oxygen atoms in total. The van der Waals surface area contributed by atoms with Gasteiger partial charge in [0.15, 0.2) is 55.5 Å². The number of hydrogen-bond acceptors (Lipinski definition) is 38. The van der Waals surface area contributed by atoms with Gasteiger partial charge >= 0.3 is 59.7 Å². The van der Waals surface area contributed by atoms with E-state index in [1.54, 1.807) is 0 Å².